The summed E-state index contributed by atoms with van der Waals surface area (Å²) in [6.45, 7) is 9.37. The molecule has 2 heterocycles. The maximum Gasteiger partial charge on any atom is 0.409 e. The number of carbonyl (C=O) groups is 1. The van der Waals surface area contributed by atoms with Gasteiger partial charge in [0.1, 0.15) is 6.61 Å². The number of benzene rings is 3. The minimum atomic E-state index is -0.301. The number of ether oxygens (including phenoxy) is 1. The second-order valence-corrected chi connectivity index (χ2v) is 9.11. The van der Waals surface area contributed by atoms with Gasteiger partial charge in [-0.05, 0) is 35.1 Å². The summed E-state index contributed by atoms with van der Waals surface area (Å²) in [5, 5.41) is 4.52. The Morgan fingerprint density at radius 3 is 1.97 bits per heavy atom. The molecule has 7 nitrogen and oxygen atoms in total. The van der Waals surface area contributed by atoms with Gasteiger partial charge < -0.3 is 9.64 Å². The Balaban J connectivity index is 0.000000845. The second-order valence-electron chi connectivity index (χ2n) is 9.11. The van der Waals surface area contributed by atoms with Crippen LogP contribution in [0, 0.1) is 0 Å². The van der Waals surface area contributed by atoms with E-state index in [4.69, 9.17) is 4.74 Å². The van der Waals surface area contributed by atoms with E-state index in [9.17, 15) is 9.59 Å². The molecule has 0 radical (unpaired) electrons. The predicted molar refractivity (Wildman–Crippen MR) is 156 cm³/mol. The zero-order valence-corrected chi connectivity index (χ0v) is 23.3. The number of aromatic amines is 1. The van der Waals surface area contributed by atoms with Crippen molar-refractivity contribution < 1.29 is 9.53 Å². The van der Waals surface area contributed by atoms with Crippen LogP contribution in [0.3, 0.4) is 0 Å². The number of carbonyl (C=O) groups excluding carboxylic acids is 1. The van der Waals surface area contributed by atoms with Gasteiger partial charge in [0, 0.05) is 24.6 Å². The smallest absolute Gasteiger partial charge is 0.409 e. The Hall–Kier alpha value is -4.13. The van der Waals surface area contributed by atoms with Crippen molar-refractivity contribution in [2.75, 3.05) is 19.7 Å². The first-order chi connectivity index (χ1) is 19.2. The number of nitrogens with one attached hydrogen (secondary N) is 1. The van der Waals surface area contributed by atoms with E-state index < -0.39 is 0 Å². The molecule has 1 aromatic heterocycles. The Kier molecular flexibility index (Phi) is 9.36. The quantitative estimate of drug-likeness (QED) is 0.314. The number of likely N-dealkylation sites (tertiary alicyclic amines) is 1. The Morgan fingerprint density at radius 2 is 1.38 bits per heavy atom. The molecule has 7 heteroatoms. The van der Waals surface area contributed by atoms with Crippen molar-refractivity contribution in [2.24, 2.45) is 0 Å². The fourth-order valence-corrected chi connectivity index (χ4v) is 5.29. The van der Waals surface area contributed by atoms with E-state index in [2.05, 4.69) is 34.3 Å². The monoisotopic (exact) mass is 526 g/mol. The molecule has 1 saturated heterocycles. The van der Waals surface area contributed by atoms with E-state index in [1.807, 2.05) is 82.3 Å². The number of fused-ring (bicyclic) bond motifs is 3. The molecule has 0 saturated carbocycles. The summed E-state index contributed by atoms with van der Waals surface area (Å²) in [5.41, 5.74) is 5.48. The maximum absolute atomic E-state index is 12.9. The minimum absolute atomic E-state index is 0.0444. The third-order valence-electron chi connectivity index (χ3n) is 7.09. The third kappa shape index (κ3) is 5.82. The van der Waals surface area contributed by atoms with E-state index in [0.717, 1.165) is 5.56 Å². The standard InChI is InChI=1S/C28H26N4O3.2C2H6/c33-27-29-26(19-8-2-1-3-9-19)30-32(27)20-14-16-31(17-15-20)28(34)35-18-25-23-12-6-4-10-21(23)22-11-5-7-13-24(22)25;2*1-2/h1-13,20,25H,14-18H2,(H,29,30,33);2*1-2H3. The Morgan fingerprint density at radius 1 is 0.846 bits per heavy atom. The molecular formula is C32H38N4O3. The molecule has 39 heavy (non-hydrogen) atoms. The van der Waals surface area contributed by atoms with Crippen LogP contribution in [0.25, 0.3) is 22.5 Å². The molecule has 6 rings (SSSR count). The van der Waals surface area contributed by atoms with E-state index in [1.54, 1.807) is 4.90 Å². The number of amides is 1. The number of rotatable bonds is 4. The lowest BCUT2D eigenvalue weighted by Gasteiger charge is -2.31. The summed E-state index contributed by atoms with van der Waals surface area (Å²) in [6.07, 6.45) is 1.01. The van der Waals surface area contributed by atoms with Crippen molar-refractivity contribution in [3.63, 3.8) is 0 Å². The molecule has 0 atom stereocenters. The molecule has 1 fully saturated rings. The highest BCUT2D eigenvalue weighted by molar-refractivity contribution is 5.79. The van der Waals surface area contributed by atoms with Gasteiger partial charge in [-0.1, -0.05) is 107 Å². The van der Waals surface area contributed by atoms with Gasteiger partial charge in [-0.15, -0.1) is 5.10 Å². The summed E-state index contributed by atoms with van der Waals surface area (Å²) in [7, 11) is 0. The zero-order valence-electron chi connectivity index (χ0n) is 23.3. The van der Waals surface area contributed by atoms with Gasteiger partial charge >= 0.3 is 11.8 Å². The van der Waals surface area contributed by atoms with E-state index in [-0.39, 0.29) is 23.7 Å². The number of H-pyrrole nitrogens is 1. The van der Waals surface area contributed by atoms with E-state index in [0.29, 0.717) is 38.4 Å². The van der Waals surface area contributed by atoms with E-state index >= 15 is 0 Å². The predicted octanol–water partition coefficient (Wildman–Crippen LogP) is 6.88. The fraction of sp³-hybridized carbons (Fsp3) is 0.344. The molecule has 1 amide bonds. The van der Waals surface area contributed by atoms with Gasteiger partial charge in [-0.3, -0.25) is 4.98 Å². The molecule has 0 unspecified atom stereocenters. The molecule has 1 aliphatic carbocycles. The number of aromatic nitrogens is 3. The van der Waals surface area contributed by atoms with Crippen LogP contribution in [0.5, 0.6) is 0 Å². The summed E-state index contributed by atoms with van der Waals surface area (Å²) >= 11 is 0. The van der Waals surface area contributed by atoms with E-state index in [1.165, 1.54) is 26.9 Å². The minimum Gasteiger partial charge on any atom is -0.448 e. The first kappa shape index (κ1) is 27.9. The highest BCUT2D eigenvalue weighted by Crippen LogP contribution is 2.44. The van der Waals surface area contributed by atoms with Crippen molar-refractivity contribution in [3.05, 3.63) is 100 Å². The summed E-state index contributed by atoms with van der Waals surface area (Å²) in [6, 6.07) is 26.2. The van der Waals surface area contributed by atoms with Gasteiger partial charge in [0.05, 0.1) is 6.04 Å². The van der Waals surface area contributed by atoms with Crippen LogP contribution in [0.1, 0.15) is 63.6 Å². The van der Waals surface area contributed by atoms with Gasteiger partial charge in [0.2, 0.25) is 0 Å². The average molecular weight is 527 g/mol. The van der Waals surface area contributed by atoms with Gasteiger partial charge in [0.15, 0.2) is 5.82 Å². The van der Waals surface area contributed by atoms with Crippen LogP contribution in [-0.4, -0.2) is 45.5 Å². The number of nitrogens with zero attached hydrogens (tertiary/aromatic N) is 3. The summed E-state index contributed by atoms with van der Waals surface area (Å²) in [4.78, 5) is 30.0. The summed E-state index contributed by atoms with van der Waals surface area (Å²) < 4.78 is 7.33. The SMILES string of the molecule is CC.CC.O=C(OCC1c2ccccc2-c2ccccc21)N1CCC(n2nc(-c3ccccc3)[nH]c2=O)CC1. The van der Waals surface area contributed by atoms with Crippen molar-refractivity contribution >= 4 is 6.09 Å². The second kappa shape index (κ2) is 13.1. The molecule has 3 aromatic carbocycles. The first-order valence-electron chi connectivity index (χ1n) is 14.0. The first-order valence-corrected chi connectivity index (χ1v) is 14.0. The fourth-order valence-electron chi connectivity index (χ4n) is 5.29. The molecule has 4 aromatic rings. The van der Waals surface area contributed by atoms with Crippen LogP contribution in [0.15, 0.2) is 83.7 Å². The van der Waals surface area contributed by atoms with Crippen molar-refractivity contribution in [1.29, 1.82) is 0 Å². The van der Waals surface area contributed by atoms with Crippen LogP contribution < -0.4 is 5.69 Å². The van der Waals surface area contributed by atoms with Crippen LogP contribution in [0.4, 0.5) is 4.79 Å². The lowest BCUT2D eigenvalue weighted by molar-refractivity contribution is 0.0850. The molecule has 0 bridgehead atoms. The Labute approximate surface area is 230 Å². The Bertz CT molecular complexity index is 1370. The van der Waals surface area contributed by atoms with Crippen molar-refractivity contribution in [2.45, 2.75) is 52.5 Å². The topological polar surface area (TPSA) is 80.2 Å². The lowest BCUT2D eigenvalue weighted by Crippen LogP contribution is -2.41. The maximum atomic E-state index is 12.9. The van der Waals surface area contributed by atoms with Crippen molar-refractivity contribution in [3.8, 4) is 22.5 Å². The number of hydrogen-bond donors (Lipinski definition) is 1. The van der Waals surface area contributed by atoms with Crippen LogP contribution >= 0.6 is 0 Å². The zero-order chi connectivity index (χ0) is 27.8. The molecule has 0 spiro atoms. The van der Waals surface area contributed by atoms with Crippen LogP contribution in [0.2, 0.25) is 0 Å². The molecule has 2 aliphatic rings. The number of hydrogen-bond acceptors (Lipinski definition) is 4. The summed E-state index contributed by atoms with van der Waals surface area (Å²) in [5.74, 6) is 0.609. The van der Waals surface area contributed by atoms with Gasteiger partial charge in [-0.25, -0.2) is 14.3 Å². The normalized spacial score (nSPS) is 14.3. The lowest BCUT2D eigenvalue weighted by atomic mass is 9.98. The van der Waals surface area contributed by atoms with Crippen LogP contribution in [-0.2, 0) is 4.74 Å². The molecular weight excluding hydrogens is 488 g/mol. The molecule has 204 valence electrons. The third-order valence-corrected chi connectivity index (χ3v) is 7.09. The molecule has 1 N–H and O–H groups in total. The van der Waals surface area contributed by atoms with Gasteiger partial charge in [-0.2, -0.15) is 0 Å². The largest absolute Gasteiger partial charge is 0.448 e. The number of piperidine rings is 1. The highest BCUT2D eigenvalue weighted by Gasteiger charge is 2.31. The van der Waals surface area contributed by atoms with Gasteiger partial charge in [0.25, 0.3) is 0 Å². The highest BCUT2D eigenvalue weighted by atomic mass is 16.6. The molecule has 1 aliphatic heterocycles. The average Bonchev–Trinajstić information content (AvgIpc) is 3.56. The van der Waals surface area contributed by atoms with Crippen molar-refractivity contribution in [1.82, 2.24) is 19.7 Å².